The van der Waals surface area contributed by atoms with Crippen LogP contribution in [0.2, 0.25) is 0 Å². The third-order valence-electron chi connectivity index (χ3n) is 4.49. The normalized spacial score (nSPS) is 11.4. The van der Waals surface area contributed by atoms with Crippen LogP contribution in [-0.4, -0.2) is 14.8 Å². The van der Waals surface area contributed by atoms with Crippen molar-refractivity contribution in [3.63, 3.8) is 0 Å². The van der Waals surface area contributed by atoms with Crippen LogP contribution >= 0.6 is 27.3 Å². The van der Waals surface area contributed by atoms with Crippen LogP contribution in [0.15, 0.2) is 67.3 Å². The van der Waals surface area contributed by atoms with E-state index in [1.807, 2.05) is 61.7 Å². The van der Waals surface area contributed by atoms with Crippen molar-refractivity contribution in [1.82, 2.24) is 14.8 Å². The van der Waals surface area contributed by atoms with E-state index in [2.05, 4.69) is 36.2 Å². The Bertz CT molecular complexity index is 1270. The summed E-state index contributed by atoms with van der Waals surface area (Å²) in [5.41, 5.74) is 5.45. The van der Waals surface area contributed by atoms with E-state index in [-0.39, 0.29) is 11.2 Å². The Labute approximate surface area is 180 Å². The summed E-state index contributed by atoms with van der Waals surface area (Å²) in [5.74, 6) is 0. The zero-order valence-corrected chi connectivity index (χ0v) is 18.5. The Morgan fingerprint density at radius 1 is 1.07 bits per heavy atom. The minimum atomic E-state index is -0.276. The lowest BCUT2D eigenvalue weighted by atomic mass is 10.1. The van der Waals surface area contributed by atoms with Crippen LogP contribution in [0.25, 0.3) is 16.4 Å². The van der Waals surface area contributed by atoms with Crippen LogP contribution in [0, 0.1) is 20.8 Å². The van der Waals surface area contributed by atoms with Crippen molar-refractivity contribution >= 4 is 38.6 Å². The van der Waals surface area contributed by atoms with Gasteiger partial charge >= 0.3 is 5.56 Å². The van der Waals surface area contributed by atoms with Gasteiger partial charge < -0.3 is 0 Å². The van der Waals surface area contributed by atoms with Crippen LogP contribution in [0.4, 0.5) is 11.4 Å². The number of H-pyrrole nitrogens is 1. The van der Waals surface area contributed by atoms with Crippen molar-refractivity contribution in [1.29, 1.82) is 0 Å². The minimum Gasteiger partial charge on any atom is -0.291 e. The highest BCUT2D eigenvalue weighted by Crippen LogP contribution is 2.26. The molecular weight excluding hydrogens is 450 g/mol. The number of nitrogens with zero attached hydrogens (tertiary/aromatic N) is 4. The van der Waals surface area contributed by atoms with Gasteiger partial charge in [0.05, 0.1) is 17.1 Å². The molecule has 2 aromatic heterocycles. The van der Waals surface area contributed by atoms with Gasteiger partial charge in [0.1, 0.15) is 0 Å². The van der Waals surface area contributed by atoms with E-state index in [0.29, 0.717) is 16.5 Å². The Morgan fingerprint density at radius 3 is 2.55 bits per heavy atom. The largest absolute Gasteiger partial charge is 0.301 e. The SMILES string of the molecule is Cc1ccc(-c2csc(-n3[nH]c(C)c(N=Nc4ccc(C)c(Br)c4)c3=O)n2)cc1. The van der Waals surface area contributed by atoms with Crippen LogP contribution in [0.3, 0.4) is 0 Å². The number of aryl methyl sites for hydroxylation is 3. The van der Waals surface area contributed by atoms with Crippen molar-refractivity contribution < 1.29 is 0 Å². The summed E-state index contributed by atoms with van der Waals surface area (Å²) in [6.45, 7) is 5.84. The van der Waals surface area contributed by atoms with Gasteiger partial charge in [0.2, 0.25) is 5.13 Å². The first-order valence-corrected chi connectivity index (χ1v) is 10.6. The van der Waals surface area contributed by atoms with Crippen molar-refractivity contribution in [2.45, 2.75) is 20.8 Å². The van der Waals surface area contributed by atoms with Gasteiger partial charge in [0, 0.05) is 15.4 Å². The maximum absolute atomic E-state index is 12.9. The van der Waals surface area contributed by atoms with E-state index in [1.54, 1.807) is 6.92 Å². The first kappa shape index (κ1) is 19.5. The smallest absolute Gasteiger partial charge is 0.291 e. The van der Waals surface area contributed by atoms with Gasteiger partial charge in [-0.2, -0.15) is 9.80 Å². The molecular formula is C21H18BrN5OS. The first-order chi connectivity index (χ1) is 13.9. The number of azo groups is 1. The zero-order chi connectivity index (χ0) is 20.5. The van der Waals surface area contributed by atoms with Gasteiger partial charge in [0.15, 0.2) is 5.69 Å². The fraction of sp³-hybridized carbons (Fsp3) is 0.143. The van der Waals surface area contributed by atoms with Gasteiger partial charge in [-0.25, -0.2) is 4.98 Å². The molecule has 0 bridgehead atoms. The maximum Gasteiger partial charge on any atom is 0.301 e. The Balaban J connectivity index is 1.65. The second-order valence-corrected chi connectivity index (χ2v) is 8.43. The molecule has 0 radical (unpaired) electrons. The highest BCUT2D eigenvalue weighted by Gasteiger charge is 2.15. The summed E-state index contributed by atoms with van der Waals surface area (Å²) in [4.78, 5) is 17.5. The van der Waals surface area contributed by atoms with Crippen LogP contribution in [0.1, 0.15) is 16.8 Å². The summed E-state index contributed by atoms with van der Waals surface area (Å²) in [7, 11) is 0. The number of nitrogens with one attached hydrogen (secondary N) is 1. The molecule has 6 nitrogen and oxygen atoms in total. The van der Waals surface area contributed by atoms with Gasteiger partial charge in [-0.05, 0) is 38.5 Å². The molecule has 4 aromatic rings. The van der Waals surface area contributed by atoms with Crippen LogP contribution < -0.4 is 5.56 Å². The van der Waals surface area contributed by atoms with E-state index >= 15 is 0 Å². The number of aromatic amines is 1. The number of hydrogen-bond donors (Lipinski definition) is 1. The molecule has 0 amide bonds. The van der Waals surface area contributed by atoms with Gasteiger partial charge in [0.25, 0.3) is 0 Å². The number of aromatic nitrogens is 3. The Morgan fingerprint density at radius 2 is 1.83 bits per heavy atom. The first-order valence-electron chi connectivity index (χ1n) is 8.95. The molecule has 0 atom stereocenters. The monoisotopic (exact) mass is 467 g/mol. The minimum absolute atomic E-state index is 0.272. The molecule has 2 aromatic carbocycles. The number of halogens is 1. The van der Waals surface area contributed by atoms with Gasteiger partial charge in [-0.3, -0.25) is 9.89 Å². The lowest BCUT2D eigenvalue weighted by Crippen LogP contribution is -2.13. The van der Waals surface area contributed by atoms with Crippen molar-refractivity contribution in [3.05, 3.63) is 79.5 Å². The third-order valence-corrected chi connectivity index (χ3v) is 6.17. The van der Waals surface area contributed by atoms with Gasteiger partial charge in [-0.1, -0.05) is 51.8 Å². The number of rotatable bonds is 4. The zero-order valence-electron chi connectivity index (χ0n) is 16.1. The topological polar surface area (TPSA) is 75.4 Å². The number of benzene rings is 2. The second kappa shape index (κ2) is 7.88. The van der Waals surface area contributed by atoms with E-state index in [0.717, 1.165) is 21.3 Å². The number of thiazole rings is 1. The summed E-state index contributed by atoms with van der Waals surface area (Å²) < 4.78 is 2.36. The highest BCUT2D eigenvalue weighted by molar-refractivity contribution is 9.10. The predicted octanol–water partition coefficient (Wildman–Crippen LogP) is 6.39. The number of hydrogen-bond acceptors (Lipinski definition) is 5. The van der Waals surface area contributed by atoms with Crippen molar-refractivity contribution in [2.75, 3.05) is 0 Å². The third kappa shape index (κ3) is 3.99. The summed E-state index contributed by atoms with van der Waals surface area (Å²) in [6, 6.07) is 13.8. The molecule has 0 unspecified atom stereocenters. The lowest BCUT2D eigenvalue weighted by molar-refractivity contribution is 0.827. The fourth-order valence-corrected chi connectivity index (χ4v) is 3.92. The van der Waals surface area contributed by atoms with Crippen molar-refractivity contribution in [2.24, 2.45) is 10.2 Å². The van der Waals surface area contributed by atoms with E-state index in [9.17, 15) is 4.79 Å². The molecule has 0 fully saturated rings. The quantitative estimate of drug-likeness (QED) is 0.352. The molecule has 0 aliphatic rings. The average molecular weight is 468 g/mol. The summed E-state index contributed by atoms with van der Waals surface area (Å²) >= 11 is 4.88. The average Bonchev–Trinajstić information content (AvgIpc) is 3.29. The van der Waals surface area contributed by atoms with E-state index in [4.69, 9.17) is 0 Å². The maximum atomic E-state index is 12.9. The standard InChI is InChI=1S/C21H18BrN5OS/c1-12-4-7-15(8-5-12)18-11-29-21(23-18)27-20(28)19(14(3)26-27)25-24-16-9-6-13(2)17(22)10-16/h4-11,26H,1-3H3. The molecule has 146 valence electrons. The molecule has 4 rings (SSSR count). The van der Waals surface area contributed by atoms with E-state index in [1.165, 1.54) is 21.6 Å². The van der Waals surface area contributed by atoms with E-state index < -0.39 is 0 Å². The lowest BCUT2D eigenvalue weighted by Gasteiger charge is -1.97. The predicted molar refractivity (Wildman–Crippen MR) is 120 cm³/mol. The highest BCUT2D eigenvalue weighted by atomic mass is 79.9. The summed E-state index contributed by atoms with van der Waals surface area (Å²) in [5, 5.41) is 13.9. The molecule has 0 aliphatic heterocycles. The molecule has 0 spiro atoms. The Hall–Kier alpha value is -2.84. The molecule has 0 saturated heterocycles. The summed E-state index contributed by atoms with van der Waals surface area (Å²) in [6.07, 6.45) is 0. The molecule has 0 aliphatic carbocycles. The molecule has 0 saturated carbocycles. The molecule has 2 heterocycles. The van der Waals surface area contributed by atoms with Crippen LogP contribution in [-0.2, 0) is 0 Å². The fourth-order valence-electron chi connectivity index (χ4n) is 2.77. The molecule has 8 heteroatoms. The molecule has 1 N–H and O–H groups in total. The molecule has 29 heavy (non-hydrogen) atoms. The Kier molecular flexibility index (Phi) is 5.29. The second-order valence-electron chi connectivity index (χ2n) is 6.74. The van der Waals surface area contributed by atoms with Crippen LogP contribution in [0.5, 0.6) is 0 Å². The van der Waals surface area contributed by atoms with Gasteiger partial charge in [-0.15, -0.1) is 16.5 Å². The van der Waals surface area contributed by atoms with Crippen molar-refractivity contribution in [3.8, 4) is 16.4 Å².